The van der Waals surface area contributed by atoms with Crippen molar-refractivity contribution in [3.8, 4) is 33.4 Å². The van der Waals surface area contributed by atoms with Gasteiger partial charge in [-0.1, -0.05) is 182 Å². The van der Waals surface area contributed by atoms with E-state index in [1.165, 1.54) is 49.7 Å². The van der Waals surface area contributed by atoms with E-state index in [0.717, 1.165) is 55.7 Å². The molecule has 0 atom stereocenters. The zero-order chi connectivity index (χ0) is 40.3. The first-order valence-electron chi connectivity index (χ1n) is 21.0. The molecular weight excluding hydrogens is 739 g/mol. The van der Waals surface area contributed by atoms with Gasteiger partial charge in [0, 0.05) is 27.7 Å². The fraction of sp³-hybridized carbons (Fsp3) is 0.0169. The molecule has 0 amide bonds. The number of fused-ring (bicyclic) bond motifs is 7. The molecule has 61 heavy (non-hydrogen) atoms. The van der Waals surface area contributed by atoms with Gasteiger partial charge < -0.3 is 9.32 Å². The van der Waals surface area contributed by atoms with E-state index in [4.69, 9.17) is 4.42 Å². The van der Waals surface area contributed by atoms with Gasteiger partial charge in [-0.3, -0.25) is 0 Å². The van der Waals surface area contributed by atoms with Crippen LogP contribution >= 0.6 is 0 Å². The summed E-state index contributed by atoms with van der Waals surface area (Å²) in [5.41, 5.74) is 16.6. The van der Waals surface area contributed by atoms with Crippen LogP contribution in [-0.2, 0) is 5.41 Å². The Morgan fingerprint density at radius 2 is 0.951 bits per heavy atom. The molecule has 10 aromatic carbocycles. The summed E-state index contributed by atoms with van der Waals surface area (Å²) in [5.74, 6) is 0. The lowest BCUT2D eigenvalue weighted by Crippen LogP contribution is -2.28. The van der Waals surface area contributed by atoms with Crippen molar-refractivity contribution in [2.75, 3.05) is 4.90 Å². The molecule has 1 aliphatic carbocycles. The minimum atomic E-state index is -0.533. The summed E-state index contributed by atoms with van der Waals surface area (Å²) < 4.78 is 6.45. The van der Waals surface area contributed by atoms with Crippen LogP contribution in [-0.4, -0.2) is 0 Å². The first-order chi connectivity index (χ1) is 30.2. The van der Waals surface area contributed by atoms with Gasteiger partial charge in [-0.05, 0) is 115 Å². The predicted molar refractivity (Wildman–Crippen MR) is 254 cm³/mol. The molecule has 2 heteroatoms. The van der Waals surface area contributed by atoms with E-state index < -0.39 is 5.41 Å². The van der Waals surface area contributed by atoms with Crippen LogP contribution in [0.15, 0.2) is 241 Å². The van der Waals surface area contributed by atoms with E-state index in [-0.39, 0.29) is 0 Å². The quantitative estimate of drug-likeness (QED) is 0.160. The molecule has 12 rings (SSSR count). The number of rotatable bonds is 7. The number of benzene rings is 10. The van der Waals surface area contributed by atoms with Gasteiger partial charge in [0.05, 0.1) is 11.1 Å². The lowest BCUT2D eigenvalue weighted by Gasteiger charge is -2.35. The fourth-order valence-corrected chi connectivity index (χ4v) is 10.00. The molecule has 11 aromatic rings. The van der Waals surface area contributed by atoms with Gasteiger partial charge in [0.25, 0.3) is 0 Å². The van der Waals surface area contributed by atoms with E-state index in [0.29, 0.717) is 0 Å². The Morgan fingerprint density at radius 3 is 1.79 bits per heavy atom. The van der Waals surface area contributed by atoms with Crippen molar-refractivity contribution >= 4 is 49.8 Å². The average molecular weight is 778 g/mol. The number of nitrogens with zero attached hydrogens (tertiary/aromatic N) is 1. The van der Waals surface area contributed by atoms with Crippen molar-refractivity contribution in [1.29, 1.82) is 0 Å². The predicted octanol–water partition coefficient (Wildman–Crippen LogP) is 15.9. The highest BCUT2D eigenvalue weighted by Gasteiger charge is 2.46. The number of para-hydroxylation sites is 2. The largest absolute Gasteiger partial charge is 0.456 e. The van der Waals surface area contributed by atoms with Gasteiger partial charge in [-0.15, -0.1) is 0 Å². The number of hydrogen-bond acceptors (Lipinski definition) is 2. The lowest BCUT2D eigenvalue weighted by atomic mass is 9.67. The zero-order valence-electron chi connectivity index (χ0n) is 33.4. The molecule has 1 heterocycles. The fourth-order valence-electron chi connectivity index (χ4n) is 10.00. The molecule has 286 valence electrons. The Morgan fingerprint density at radius 1 is 0.328 bits per heavy atom. The van der Waals surface area contributed by atoms with Crippen molar-refractivity contribution < 1.29 is 4.42 Å². The van der Waals surface area contributed by atoms with Crippen molar-refractivity contribution in [2.45, 2.75) is 5.41 Å². The second-order valence-electron chi connectivity index (χ2n) is 16.0. The summed E-state index contributed by atoms with van der Waals surface area (Å²) in [6.45, 7) is 0. The molecule has 1 aliphatic rings. The third kappa shape index (κ3) is 5.57. The molecule has 0 spiro atoms. The first kappa shape index (κ1) is 35.0. The highest BCUT2D eigenvalue weighted by Crippen LogP contribution is 2.57. The maximum Gasteiger partial charge on any atom is 0.136 e. The Labute approximate surface area is 355 Å². The SMILES string of the molecule is c1ccc(C2(c3ccccc3)c3ccccc3-c3ccc(N(c4cccc(-c5ccc6ccccc6c5)c4)c4ccccc4-c4ccc5c(c4)oc4ccccc45)cc32)cc1. The van der Waals surface area contributed by atoms with Crippen LogP contribution in [0.3, 0.4) is 0 Å². The Hall–Kier alpha value is -7.94. The molecule has 0 N–H and O–H groups in total. The molecule has 1 aromatic heterocycles. The molecule has 0 unspecified atom stereocenters. The van der Waals surface area contributed by atoms with Crippen molar-refractivity contribution in [1.82, 2.24) is 0 Å². The van der Waals surface area contributed by atoms with Crippen LogP contribution in [0, 0.1) is 0 Å². The summed E-state index contributed by atoms with van der Waals surface area (Å²) in [6.07, 6.45) is 0. The smallest absolute Gasteiger partial charge is 0.136 e. The molecule has 2 nitrogen and oxygen atoms in total. The van der Waals surface area contributed by atoms with Crippen molar-refractivity contribution in [3.05, 3.63) is 259 Å². The van der Waals surface area contributed by atoms with Gasteiger partial charge >= 0.3 is 0 Å². The first-order valence-corrected chi connectivity index (χ1v) is 21.0. The summed E-state index contributed by atoms with van der Waals surface area (Å²) in [5, 5.41) is 4.71. The van der Waals surface area contributed by atoms with Crippen LogP contribution in [0.2, 0.25) is 0 Å². The van der Waals surface area contributed by atoms with Crippen LogP contribution in [0.1, 0.15) is 22.3 Å². The van der Waals surface area contributed by atoms with E-state index >= 15 is 0 Å². The monoisotopic (exact) mass is 777 g/mol. The topological polar surface area (TPSA) is 16.4 Å². The van der Waals surface area contributed by atoms with Crippen LogP contribution in [0.4, 0.5) is 17.1 Å². The third-order valence-corrected chi connectivity index (χ3v) is 12.7. The maximum absolute atomic E-state index is 6.45. The van der Waals surface area contributed by atoms with Crippen LogP contribution in [0.25, 0.3) is 66.1 Å². The Kier molecular flexibility index (Phi) is 8.11. The molecule has 0 saturated carbocycles. The van der Waals surface area contributed by atoms with E-state index in [2.05, 4.69) is 229 Å². The minimum absolute atomic E-state index is 0.533. The van der Waals surface area contributed by atoms with E-state index in [9.17, 15) is 0 Å². The Balaban J connectivity index is 1.11. The molecule has 0 aliphatic heterocycles. The van der Waals surface area contributed by atoms with Crippen molar-refractivity contribution in [3.63, 3.8) is 0 Å². The zero-order valence-corrected chi connectivity index (χ0v) is 33.4. The average Bonchev–Trinajstić information content (AvgIpc) is 3.85. The second kappa shape index (κ2) is 14.1. The molecule has 0 radical (unpaired) electrons. The molecular formula is C59H39NO. The van der Waals surface area contributed by atoms with E-state index in [1.54, 1.807) is 0 Å². The van der Waals surface area contributed by atoms with Gasteiger partial charge in [0.1, 0.15) is 11.2 Å². The van der Waals surface area contributed by atoms with E-state index in [1.807, 2.05) is 12.1 Å². The third-order valence-electron chi connectivity index (χ3n) is 12.7. The van der Waals surface area contributed by atoms with Gasteiger partial charge in [0.2, 0.25) is 0 Å². The Bertz CT molecular complexity index is 3400. The molecule has 0 bridgehead atoms. The number of hydrogen-bond donors (Lipinski definition) is 0. The van der Waals surface area contributed by atoms with Crippen LogP contribution in [0.5, 0.6) is 0 Å². The second-order valence-corrected chi connectivity index (χ2v) is 16.0. The molecule has 0 fully saturated rings. The van der Waals surface area contributed by atoms with Crippen LogP contribution < -0.4 is 4.90 Å². The lowest BCUT2D eigenvalue weighted by molar-refractivity contribution is 0.669. The summed E-state index contributed by atoms with van der Waals surface area (Å²) in [4.78, 5) is 2.45. The number of anilines is 3. The minimum Gasteiger partial charge on any atom is -0.456 e. The summed E-state index contributed by atoms with van der Waals surface area (Å²) in [6, 6.07) is 86.2. The standard InChI is InChI=1S/C59H39NO/c1-3-19-45(20-4-1)59(46-21-5-2-6-22-46)54-27-12-9-25-50(54)51-35-33-48(39-55(51)59)60(47-23-15-18-42(37-47)43-31-30-40-16-7-8-17-41(40)36-43)56-28-13-10-24-49(56)44-32-34-53-52-26-11-14-29-57(52)61-58(53)38-44/h1-39H. The summed E-state index contributed by atoms with van der Waals surface area (Å²) >= 11 is 0. The highest BCUT2D eigenvalue weighted by molar-refractivity contribution is 6.06. The normalized spacial score (nSPS) is 12.7. The van der Waals surface area contributed by atoms with Crippen molar-refractivity contribution in [2.24, 2.45) is 0 Å². The van der Waals surface area contributed by atoms with Gasteiger partial charge in [-0.25, -0.2) is 0 Å². The molecule has 0 saturated heterocycles. The number of furan rings is 1. The maximum atomic E-state index is 6.45. The van der Waals surface area contributed by atoms with Gasteiger partial charge in [0.15, 0.2) is 0 Å². The summed E-state index contributed by atoms with van der Waals surface area (Å²) in [7, 11) is 0. The highest BCUT2D eigenvalue weighted by atomic mass is 16.3. The van der Waals surface area contributed by atoms with Gasteiger partial charge in [-0.2, -0.15) is 0 Å².